The van der Waals surface area contributed by atoms with Gasteiger partial charge < -0.3 is 14.2 Å². The summed E-state index contributed by atoms with van der Waals surface area (Å²) < 4.78 is 16.9. The summed E-state index contributed by atoms with van der Waals surface area (Å²) in [7, 11) is 0. The van der Waals surface area contributed by atoms with Crippen LogP contribution in [0.2, 0.25) is 0 Å². The molecule has 0 saturated heterocycles. The van der Waals surface area contributed by atoms with Crippen molar-refractivity contribution >= 4 is 17.9 Å². The first kappa shape index (κ1) is 67.4. The Labute approximate surface area is 431 Å². The lowest BCUT2D eigenvalue weighted by Gasteiger charge is -2.18. The topological polar surface area (TPSA) is 78.9 Å². The van der Waals surface area contributed by atoms with Crippen molar-refractivity contribution in [3.8, 4) is 0 Å². The molecule has 0 aliphatic carbocycles. The summed E-state index contributed by atoms with van der Waals surface area (Å²) in [5.74, 6) is 1.76. The molecule has 0 amide bonds. The number of carbonyl (C=O) groups excluding carboxylic acids is 3. The number of hydrogen-bond acceptors (Lipinski definition) is 6. The third kappa shape index (κ3) is 54.0. The van der Waals surface area contributed by atoms with Gasteiger partial charge in [-0.1, -0.05) is 311 Å². The monoisotopic (exact) mass is 975 g/mol. The fraction of sp³-hybridized carbons (Fsp3) is 0.952. The maximum atomic E-state index is 12.9. The van der Waals surface area contributed by atoms with Crippen LogP contribution in [0.5, 0.6) is 0 Å². The van der Waals surface area contributed by atoms with Gasteiger partial charge in [0.05, 0.1) is 0 Å². The van der Waals surface area contributed by atoms with Crippen LogP contribution in [0.1, 0.15) is 350 Å². The molecular weight excluding hydrogens is 853 g/mol. The van der Waals surface area contributed by atoms with E-state index in [0.29, 0.717) is 19.3 Å². The van der Waals surface area contributed by atoms with E-state index in [2.05, 4.69) is 41.5 Å². The number of unbranched alkanes of at least 4 members (excludes halogenated alkanes) is 37. The molecule has 6 heteroatoms. The smallest absolute Gasteiger partial charge is 0.306 e. The van der Waals surface area contributed by atoms with Gasteiger partial charge in [0.25, 0.3) is 0 Å². The average Bonchev–Trinajstić information content (AvgIpc) is 3.34. The zero-order valence-corrected chi connectivity index (χ0v) is 47.6. The highest BCUT2D eigenvalue weighted by Crippen LogP contribution is 2.20. The van der Waals surface area contributed by atoms with E-state index in [0.717, 1.165) is 75.5 Å². The van der Waals surface area contributed by atoms with E-state index in [1.165, 1.54) is 231 Å². The number of esters is 3. The van der Waals surface area contributed by atoms with Gasteiger partial charge in [-0.3, -0.25) is 14.4 Å². The summed E-state index contributed by atoms with van der Waals surface area (Å²) in [6.07, 6.45) is 58.1. The molecule has 69 heavy (non-hydrogen) atoms. The third-order valence-electron chi connectivity index (χ3n) is 15.1. The van der Waals surface area contributed by atoms with Crippen molar-refractivity contribution in [3.63, 3.8) is 0 Å². The minimum atomic E-state index is -0.764. The summed E-state index contributed by atoms with van der Waals surface area (Å²) >= 11 is 0. The van der Waals surface area contributed by atoms with Crippen LogP contribution >= 0.6 is 0 Å². The van der Waals surface area contributed by atoms with Crippen LogP contribution in [0.4, 0.5) is 0 Å². The van der Waals surface area contributed by atoms with Gasteiger partial charge in [-0.25, -0.2) is 0 Å². The quantitative estimate of drug-likeness (QED) is 0.0343. The maximum Gasteiger partial charge on any atom is 0.306 e. The second-order valence-corrected chi connectivity index (χ2v) is 22.7. The summed E-state index contributed by atoms with van der Waals surface area (Å²) in [6.45, 7) is 13.8. The Bertz CT molecular complexity index is 1070. The Morgan fingerprint density at radius 3 is 0.754 bits per heavy atom. The number of ether oxygens (including phenoxy) is 3. The number of carbonyl (C=O) groups is 3. The molecule has 0 saturated carbocycles. The van der Waals surface area contributed by atoms with Crippen LogP contribution in [-0.4, -0.2) is 37.2 Å². The van der Waals surface area contributed by atoms with Gasteiger partial charge in [0, 0.05) is 19.3 Å². The maximum absolute atomic E-state index is 12.9. The normalized spacial score (nSPS) is 12.9. The summed E-state index contributed by atoms with van der Waals surface area (Å²) in [6, 6.07) is 0. The molecule has 0 N–H and O–H groups in total. The van der Waals surface area contributed by atoms with Crippen LogP contribution in [0.3, 0.4) is 0 Å². The lowest BCUT2D eigenvalue weighted by Crippen LogP contribution is -2.30. The van der Waals surface area contributed by atoms with Crippen molar-refractivity contribution in [1.82, 2.24) is 0 Å². The van der Waals surface area contributed by atoms with E-state index in [1.807, 2.05) is 0 Å². The van der Waals surface area contributed by atoms with Crippen LogP contribution in [0.25, 0.3) is 0 Å². The van der Waals surface area contributed by atoms with E-state index in [4.69, 9.17) is 14.2 Å². The van der Waals surface area contributed by atoms with Crippen molar-refractivity contribution in [1.29, 1.82) is 0 Å². The molecule has 0 heterocycles. The van der Waals surface area contributed by atoms with E-state index in [1.54, 1.807) is 0 Å². The Kier molecular flexibility index (Phi) is 52.9. The fourth-order valence-corrected chi connectivity index (χ4v) is 9.64. The summed E-state index contributed by atoms with van der Waals surface area (Å²) in [4.78, 5) is 38.2. The molecule has 0 aromatic rings. The standard InChI is InChI=1S/C63H122O6/c1-7-58(5)50-44-38-32-26-22-18-13-11-9-10-12-14-19-23-27-34-40-46-52-61(64)67-55-60(69-63(66)54-48-42-36-30-29-33-39-45-51-59(6)8-2)56-68-62(65)53-47-41-35-28-24-20-16-15-17-21-25-31-37-43-49-57(3)4/h57-60H,7-56H2,1-6H3/t58?,59?,60-/m0/s1. The predicted molar refractivity (Wildman–Crippen MR) is 298 cm³/mol. The summed E-state index contributed by atoms with van der Waals surface area (Å²) in [5.41, 5.74) is 0. The summed E-state index contributed by atoms with van der Waals surface area (Å²) in [5, 5.41) is 0. The van der Waals surface area contributed by atoms with Gasteiger partial charge in [-0.15, -0.1) is 0 Å². The lowest BCUT2D eigenvalue weighted by atomic mass is 9.99. The second-order valence-electron chi connectivity index (χ2n) is 22.7. The molecule has 0 aliphatic heterocycles. The molecule has 0 aromatic carbocycles. The van der Waals surface area contributed by atoms with Crippen molar-refractivity contribution < 1.29 is 28.6 Å². The molecule has 3 atom stereocenters. The van der Waals surface area contributed by atoms with Crippen LogP contribution in [-0.2, 0) is 28.6 Å². The SMILES string of the molecule is CCC(C)CCCCCCCCCCCCCCCCCCCCC(=O)OC[C@@H](COC(=O)CCCCCCCCCCCCCCCCC(C)C)OC(=O)CCCCCCCCCCC(C)CC. The Morgan fingerprint density at radius 2 is 0.507 bits per heavy atom. The molecule has 0 radical (unpaired) electrons. The average molecular weight is 976 g/mol. The van der Waals surface area contributed by atoms with E-state index in [9.17, 15) is 14.4 Å². The predicted octanol–water partition coefficient (Wildman–Crippen LogP) is 20.7. The highest BCUT2D eigenvalue weighted by molar-refractivity contribution is 5.71. The molecule has 6 nitrogen and oxygen atoms in total. The van der Waals surface area contributed by atoms with Crippen molar-refractivity contribution in [2.24, 2.45) is 17.8 Å². The molecular formula is C63H122O6. The molecule has 0 spiro atoms. The van der Waals surface area contributed by atoms with Crippen LogP contribution in [0, 0.1) is 17.8 Å². The molecule has 2 unspecified atom stereocenters. The fourth-order valence-electron chi connectivity index (χ4n) is 9.64. The minimum absolute atomic E-state index is 0.0634. The molecule has 0 aliphatic rings. The molecule has 0 aromatic heterocycles. The zero-order valence-electron chi connectivity index (χ0n) is 47.6. The van der Waals surface area contributed by atoms with Crippen molar-refractivity contribution in [3.05, 3.63) is 0 Å². The van der Waals surface area contributed by atoms with Crippen LogP contribution in [0.15, 0.2) is 0 Å². The highest BCUT2D eigenvalue weighted by atomic mass is 16.6. The highest BCUT2D eigenvalue weighted by Gasteiger charge is 2.19. The van der Waals surface area contributed by atoms with Gasteiger partial charge in [0.15, 0.2) is 6.10 Å². The largest absolute Gasteiger partial charge is 0.462 e. The second kappa shape index (κ2) is 54.2. The first-order chi connectivity index (χ1) is 33.7. The first-order valence-corrected chi connectivity index (χ1v) is 31.2. The molecule has 0 fully saturated rings. The van der Waals surface area contributed by atoms with E-state index in [-0.39, 0.29) is 31.1 Å². The van der Waals surface area contributed by atoms with Gasteiger partial charge in [-0.05, 0) is 37.0 Å². The molecule has 0 rings (SSSR count). The van der Waals surface area contributed by atoms with Gasteiger partial charge in [0.2, 0.25) is 0 Å². The van der Waals surface area contributed by atoms with E-state index < -0.39 is 6.10 Å². The minimum Gasteiger partial charge on any atom is -0.462 e. The lowest BCUT2D eigenvalue weighted by molar-refractivity contribution is -0.167. The third-order valence-corrected chi connectivity index (χ3v) is 15.1. The Balaban J connectivity index is 4.22. The Morgan fingerprint density at radius 1 is 0.290 bits per heavy atom. The Hall–Kier alpha value is -1.59. The number of hydrogen-bond donors (Lipinski definition) is 0. The van der Waals surface area contributed by atoms with Gasteiger partial charge >= 0.3 is 17.9 Å². The first-order valence-electron chi connectivity index (χ1n) is 31.2. The van der Waals surface area contributed by atoms with E-state index >= 15 is 0 Å². The van der Waals surface area contributed by atoms with Gasteiger partial charge in [0.1, 0.15) is 13.2 Å². The van der Waals surface area contributed by atoms with Crippen molar-refractivity contribution in [2.45, 2.75) is 356 Å². The van der Waals surface area contributed by atoms with Crippen molar-refractivity contribution in [2.75, 3.05) is 13.2 Å². The van der Waals surface area contributed by atoms with Crippen LogP contribution < -0.4 is 0 Å². The molecule has 410 valence electrons. The molecule has 0 bridgehead atoms. The van der Waals surface area contributed by atoms with Gasteiger partial charge in [-0.2, -0.15) is 0 Å². The number of rotatable bonds is 56. The zero-order chi connectivity index (χ0) is 50.5.